The average Bonchev–Trinajstić information content (AvgIpc) is 2.68. The Morgan fingerprint density at radius 2 is 1.67 bits per heavy atom. The van der Waals surface area contributed by atoms with Gasteiger partial charge in [0, 0.05) is 42.6 Å². The lowest BCUT2D eigenvalue weighted by Gasteiger charge is -2.26. The highest BCUT2D eigenvalue weighted by molar-refractivity contribution is 6.05. The molecule has 0 unspecified atom stereocenters. The van der Waals surface area contributed by atoms with Crippen molar-refractivity contribution in [3.63, 3.8) is 0 Å². The smallest absolute Gasteiger partial charge is 0.318 e. The maximum Gasteiger partial charge on any atom is 0.318 e. The molecule has 0 spiro atoms. The van der Waals surface area contributed by atoms with E-state index in [0.717, 1.165) is 25.1 Å². The number of anilines is 3. The van der Waals surface area contributed by atoms with Gasteiger partial charge in [0.1, 0.15) is 0 Å². The van der Waals surface area contributed by atoms with E-state index in [1.54, 1.807) is 53.4 Å². The van der Waals surface area contributed by atoms with Gasteiger partial charge in [-0.25, -0.2) is 4.79 Å². The van der Waals surface area contributed by atoms with E-state index in [2.05, 4.69) is 16.0 Å². The fourth-order valence-corrected chi connectivity index (χ4v) is 2.94. The number of piperidine rings is 1. The van der Waals surface area contributed by atoms with Crippen molar-refractivity contribution in [1.82, 2.24) is 5.32 Å². The molecular weight excluding hydrogens is 344 g/mol. The molecule has 0 aromatic heterocycles. The van der Waals surface area contributed by atoms with Gasteiger partial charge in [-0.3, -0.25) is 9.59 Å². The number of nitrogens with one attached hydrogen (secondary N) is 3. The Balaban J connectivity index is 1.67. The van der Waals surface area contributed by atoms with Gasteiger partial charge in [0.05, 0.1) is 0 Å². The van der Waals surface area contributed by atoms with Crippen molar-refractivity contribution in [2.75, 3.05) is 29.1 Å². The third kappa shape index (κ3) is 4.63. The first kappa shape index (κ1) is 18.4. The van der Waals surface area contributed by atoms with Crippen molar-refractivity contribution >= 4 is 34.9 Å². The predicted octanol–water partition coefficient (Wildman–Crippen LogP) is 3.21. The number of benzene rings is 2. The number of nitrogens with zero attached hydrogens (tertiary/aromatic N) is 1. The van der Waals surface area contributed by atoms with Crippen LogP contribution in [-0.4, -0.2) is 31.4 Å². The number of carbonyl (C=O) groups is 3. The van der Waals surface area contributed by atoms with Crippen LogP contribution in [0.5, 0.6) is 0 Å². The second-order valence-electron chi connectivity index (χ2n) is 6.29. The molecule has 1 aliphatic rings. The first-order valence-corrected chi connectivity index (χ1v) is 8.87. The van der Waals surface area contributed by atoms with E-state index in [0.29, 0.717) is 23.4 Å². The fourth-order valence-electron chi connectivity index (χ4n) is 2.94. The second-order valence-corrected chi connectivity index (χ2v) is 6.29. The molecule has 0 radical (unpaired) electrons. The van der Waals surface area contributed by atoms with Crippen LogP contribution < -0.4 is 20.9 Å². The van der Waals surface area contributed by atoms with Crippen LogP contribution in [0.4, 0.5) is 21.9 Å². The fraction of sp³-hybridized carbons (Fsp3) is 0.250. The van der Waals surface area contributed by atoms with E-state index in [4.69, 9.17) is 0 Å². The Labute approximate surface area is 157 Å². The van der Waals surface area contributed by atoms with Gasteiger partial charge in [0.25, 0.3) is 5.91 Å². The third-order valence-corrected chi connectivity index (χ3v) is 4.37. The van der Waals surface area contributed by atoms with Crippen molar-refractivity contribution in [1.29, 1.82) is 0 Å². The van der Waals surface area contributed by atoms with E-state index in [1.165, 1.54) is 7.05 Å². The van der Waals surface area contributed by atoms with E-state index in [9.17, 15) is 14.4 Å². The Kier molecular flexibility index (Phi) is 5.71. The van der Waals surface area contributed by atoms with Crippen LogP contribution in [0.25, 0.3) is 0 Å². The molecule has 0 aliphatic carbocycles. The maximum atomic E-state index is 12.5. The normalized spacial score (nSPS) is 13.8. The lowest BCUT2D eigenvalue weighted by atomic mass is 10.1. The number of hydrogen-bond donors (Lipinski definition) is 3. The summed E-state index contributed by atoms with van der Waals surface area (Å²) in [5.74, 6) is -0.137. The SMILES string of the molecule is CNC(=O)Nc1cccc(NC(=O)c2ccc(N3CCCCC3=O)cc2)c1. The molecule has 0 saturated carbocycles. The van der Waals surface area contributed by atoms with Crippen LogP contribution in [0.15, 0.2) is 48.5 Å². The van der Waals surface area contributed by atoms with Gasteiger partial charge >= 0.3 is 6.03 Å². The monoisotopic (exact) mass is 366 g/mol. The number of hydrogen-bond acceptors (Lipinski definition) is 3. The predicted molar refractivity (Wildman–Crippen MR) is 105 cm³/mol. The van der Waals surface area contributed by atoms with Crippen LogP contribution in [0.3, 0.4) is 0 Å². The summed E-state index contributed by atoms with van der Waals surface area (Å²) in [5, 5.41) is 7.93. The van der Waals surface area contributed by atoms with Gasteiger partial charge < -0.3 is 20.9 Å². The maximum absolute atomic E-state index is 12.5. The summed E-state index contributed by atoms with van der Waals surface area (Å²) in [6.07, 6.45) is 2.50. The average molecular weight is 366 g/mol. The summed E-state index contributed by atoms with van der Waals surface area (Å²) in [6.45, 7) is 0.718. The molecule has 1 aliphatic heterocycles. The molecular formula is C20H22N4O3. The summed E-state index contributed by atoms with van der Waals surface area (Å²) in [5.41, 5.74) is 2.45. The van der Waals surface area contributed by atoms with Crippen molar-refractivity contribution in [3.05, 3.63) is 54.1 Å². The van der Waals surface area contributed by atoms with Gasteiger partial charge in [0.15, 0.2) is 0 Å². The molecule has 140 valence electrons. The van der Waals surface area contributed by atoms with E-state index < -0.39 is 0 Å². The number of carbonyl (C=O) groups excluding carboxylic acids is 3. The molecule has 3 rings (SSSR count). The molecule has 0 bridgehead atoms. The van der Waals surface area contributed by atoms with Gasteiger partial charge in [-0.1, -0.05) is 6.07 Å². The van der Waals surface area contributed by atoms with Gasteiger partial charge in [-0.2, -0.15) is 0 Å². The Morgan fingerprint density at radius 3 is 2.33 bits per heavy atom. The molecule has 1 heterocycles. The summed E-state index contributed by atoms with van der Waals surface area (Å²) in [7, 11) is 1.53. The van der Waals surface area contributed by atoms with Crippen molar-refractivity contribution in [3.8, 4) is 0 Å². The topological polar surface area (TPSA) is 90.5 Å². The molecule has 27 heavy (non-hydrogen) atoms. The molecule has 7 heteroatoms. The number of amides is 4. The van der Waals surface area contributed by atoms with Crippen molar-refractivity contribution in [2.45, 2.75) is 19.3 Å². The molecule has 0 atom stereocenters. The minimum Gasteiger partial charge on any atom is -0.341 e. The summed E-state index contributed by atoms with van der Waals surface area (Å²) in [4.78, 5) is 37.6. The second kappa shape index (κ2) is 8.35. The lowest BCUT2D eigenvalue weighted by Crippen LogP contribution is -2.35. The lowest BCUT2D eigenvalue weighted by molar-refractivity contribution is -0.119. The van der Waals surface area contributed by atoms with Crippen LogP contribution in [0.2, 0.25) is 0 Å². The Morgan fingerprint density at radius 1 is 0.963 bits per heavy atom. The summed E-state index contributed by atoms with van der Waals surface area (Å²) in [6, 6.07) is 13.6. The molecule has 2 aromatic carbocycles. The van der Waals surface area contributed by atoms with Crippen LogP contribution in [0, 0.1) is 0 Å². The number of rotatable bonds is 4. The minimum atomic E-state index is -0.332. The number of urea groups is 1. The van der Waals surface area contributed by atoms with Gasteiger partial charge in [-0.15, -0.1) is 0 Å². The van der Waals surface area contributed by atoms with Gasteiger partial charge in [-0.05, 0) is 55.3 Å². The Hall–Kier alpha value is -3.35. The van der Waals surface area contributed by atoms with Crippen LogP contribution >= 0.6 is 0 Å². The molecule has 7 nitrogen and oxygen atoms in total. The highest BCUT2D eigenvalue weighted by atomic mass is 16.2. The molecule has 3 N–H and O–H groups in total. The van der Waals surface area contributed by atoms with Crippen molar-refractivity contribution in [2.24, 2.45) is 0 Å². The highest BCUT2D eigenvalue weighted by Gasteiger charge is 2.19. The zero-order chi connectivity index (χ0) is 19.2. The Bertz CT molecular complexity index is 849. The quantitative estimate of drug-likeness (QED) is 0.776. The van der Waals surface area contributed by atoms with Crippen LogP contribution in [0.1, 0.15) is 29.6 Å². The molecule has 2 aromatic rings. The summed E-state index contributed by atoms with van der Waals surface area (Å²) < 4.78 is 0. The van der Waals surface area contributed by atoms with Crippen molar-refractivity contribution < 1.29 is 14.4 Å². The third-order valence-electron chi connectivity index (χ3n) is 4.37. The molecule has 4 amide bonds. The first-order valence-electron chi connectivity index (χ1n) is 8.87. The first-order chi connectivity index (χ1) is 13.1. The van der Waals surface area contributed by atoms with E-state index >= 15 is 0 Å². The minimum absolute atomic E-state index is 0.124. The zero-order valence-electron chi connectivity index (χ0n) is 15.1. The highest BCUT2D eigenvalue weighted by Crippen LogP contribution is 2.22. The zero-order valence-corrected chi connectivity index (χ0v) is 15.1. The van der Waals surface area contributed by atoms with E-state index in [-0.39, 0.29) is 17.8 Å². The largest absolute Gasteiger partial charge is 0.341 e. The standard InChI is InChI=1S/C20H22N4O3/c1-21-20(27)23-16-6-4-5-15(13-16)22-19(26)14-8-10-17(11-9-14)24-12-3-2-7-18(24)25/h4-6,8-11,13H,2-3,7,12H2,1H3,(H,22,26)(H2,21,23,27). The van der Waals surface area contributed by atoms with E-state index in [1.807, 2.05) is 0 Å². The summed E-state index contributed by atoms with van der Waals surface area (Å²) >= 11 is 0. The molecule has 1 fully saturated rings. The van der Waals surface area contributed by atoms with Gasteiger partial charge in [0.2, 0.25) is 5.91 Å². The molecule has 1 saturated heterocycles. The van der Waals surface area contributed by atoms with Crippen LogP contribution in [-0.2, 0) is 4.79 Å².